The fourth-order valence-corrected chi connectivity index (χ4v) is 2.08. The lowest BCUT2D eigenvalue weighted by molar-refractivity contribution is 0.325. The normalized spacial score (nSPS) is 13.5. The van der Waals surface area contributed by atoms with Gasteiger partial charge in [-0.05, 0) is 31.0 Å². The van der Waals surface area contributed by atoms with Gasteiger partial charge in [-0.3, -0.25) is 0 Å². The van der Waals surface area contributed by atoms with Gasteiger partial charge in [-0.25, -0.2) is 13.6 Å². The van der Waals surface area contributed by atoms with Gasteiger partial charge in [0.1, 0.15) is 4.90 Å². The summed E-state index contributed by atoms with van der Waals surface area (Å²) in [5.74, 6) is 4.98. The van der Waals surface area contributed by atoms with Crippen molar-refractivity contribution in [3.8, 4) is 5.75 Å². The van der Waals surface area contributed by atoms with Crippen LogP contribution in [0.1, 0.15) is 12.5 Å². The average Bonchev–Trinajstić information content (AvgIpc) is 2.15. The predicted molar refractivity (Wildman–Crippen MR) is 60.0 cm³/mol. The molecule has 0 bridgehead atoms. The molecule has 0 saturated carbocycles. The van der Waals surface area contributed by atoms with Crippen LogP contribution >= 0.6 is 0 Å². The van der Waals surface area contributed by atoms with Crippen LogP contribution in [0.3, 0.4) is 0 Å². The zero-order valence-electron chi connectivity index (χ0n) is 8.88. The van der Waals surface area contributed by atoms with Crippen LogP contribution in [0.25, 0.3) is 0 Å². The van der Waals surface area contributed by atoms with E-state index in [-0.39, 0.29) is 16.7 Å². The lowest BCUT2D eigenvalue weighted by atomic mass is 10.1. The molecule has 0 aliphatic carbocycles. The zero-order chi connectivity index (χ0) is 12.3. The number of benzene rings is 1. The van der Waals surface area contributed by atoms with E-state index in [0.29, 0.717) is 6.42 Å². The summed E-state index contributed by atoms with van der Waals surface area (Å²) in [7, 11) is -3.85. The lowest BCUT2D eigenvalue weighted by Gasteiger charge is -2.09. The molecule has 1 atom stereocenters. The minimum absolute atomic E-state index is 0.0240. The molecular formula is C9H15N3O3S. The fraction of sp³-hybridized carbons (Fsp3) is 0.333. The van der Waals surface area contributed by atoms with Gasteiger partial charge in [0, 0.05) is 6.04 Å². The quantitative estimate of drug-likeness (QED) is 0.616. The first kappa shape index (κ1) is 12.9. The number of sulfonamides is 1. The Morgan fingerprint density at radius 1 is 1.44 bits per heavy atom. The van der Waals surface area contributed by atoms with Crippen LogP contribution < -0.4 is 21.6 Å². The van der Waals surface area contributed by atoms with Crippen molar-refractivity contribution in [3.63, 3.8) is 0 Å². The summed E-state index contributed by atoms with van der Waals surface area (Å²) in [5.41, 5.74) is 6.38. The maximum absolute atomic E-state index is 11.3. The molecule has 0 aliphatic rings. The minimum atomic E-state index is -3.85. The summed E-state index contributed by atoms with van der Waals surface area (Å²) in [6, 6.07) is 4.50. The summed E-state index contributed by atoms with van der Waals surface area (Å²) < 4.78 is 22.5. The van der Waals surface area contributed by atoms with Gasteiger partial charge < -0.3 is 10.6 Å². The zero-order valence-corrected chi connectivity index (χ0v) is 9.70. The molecule has 0 radical (unpaired) electrons. The molecule has 16 heavy (non-hydrogen) atoms. The number of hydrogen-bond acceptors (Lipinski definition) is 5. The molecule has 1 aromatic carbocycles. The first-order valence-corrected chi connectivity index (χ1v) is 6.17. The van der Waals surface area contributed by atoms with Gasteiger partial charge in [-0.2, -0.15) is 5.90 Å². The molecule has 1 rings (SSSR count). The maximum Gasteiger partial charge on any atom is 0.241 e. The van der Waals surface area contributed by atoms with Crippen molar-refractivity contribution < 1.29 is 13.3 Å². The van der Waals surface area contributed by atoms with Crippen LogP contribution in [-0.2, 0) is 16.4 Å². The van der Waals surface area contributed by atoms with Gasteiger partial charge in [0.15, 0.2) is 5.75 Å². The van der Waals surface area contributed by atoms with Crippen molar-refractivity contribution >= 4 is 10.0 Å². The molecule has 6 nitrogen and oxygen atoms in total. The summed E-state index contributed by atoms with van der Waals surface area (Å²) in [5, 5.41) is 5.04. The van der Waals surface area contributed by atoms with Crippen molar-refractivity contribution in [1.29, 1.82) is 0 Å². The van der Waals surface area contributed by atoms with E-state index in [1.54, 1.807) is 6.07 Å². The highest BCUT2D eigenvalue weighted by Crippen LogP contribution is 2.23. The van der Waals surface area contributed by atoms with E-state index in [9.17, 15) is 8.42 Å². The Morgan fingerprint density at radius 2 is 2.06 bits per heavy atom. The molecule has 7 heteroatoms. The van der Waals surface area contributed by atoms with Gasteiger partial charge >= 0.3 is 0 Å². The third kappa shape index (κ3) is 3.17. The van der Waals surface area contributed by atoms with E-state index in [0.717, 1.165) is 5.56 Å². The topological polar surface area (TPSA) is 121 Å². The molecule has 0 heterocycles. The Bertz CT molecular complexity index is 471. The van der Waals surface area contributed by atoms with Crippen LogP contribution in [0.5, 0.6) is 5.75 Å². The Balaban J connectivity index is 3.22. The van der Waals surface area contributed by atoms with Crippen molar-refractivity contribution in [2.75, 3.05) is 0 Å². The van der Waals surface area contributed by atoms with Crippen molar-refractivity contribution in [2.24, 2.45) is 16.8 Å². The Morgan fingerprint density at radius 3 is 2.50 bits per heavy atom. The van der Waals surface area contributed by atoms with Crippen LogP contribution in [0.2, 0.25) is 0 Å². The van der Waals surface area contributed by atoms with Crippen LogP contribution in [0.15, 0.2) is 23.1 Å². The van der Waals surface area contributed by atoms with Gasteiger partial charge in [0.2, 0.25) is 10.0 Å². The molecule has 0 amide bonds. The Kier molecular flexibility index (Phi) is 3.87. The maximum atomic E-state index is 11.3. The number of rotatable bonds is 4. The van der Waals surface area contributed by atoms with Crippen LogP contribution in [0, 0.1) is 0 Å². The molecule has 0 saturated heterocycles. The molecule has 0 unspecified atom stereocenters. The number of primary sulfonamides is 1. The summed E-state index contributed by atoms with van der Waals surface area (Å²) >= 11 is 0. The molecule has 0 spiro atoms. The second-order valence-corrected chi connectivity index (χ2v) is 5.16. The summed E-state index contributed by atoms with van der Waals surface area (Å²) in [6.07, 6.45) is 0.549. The van der Waals surface area contributed by atoms with Gasteiger partial charge in [0.05, 0.1) is 0 Å². The fourth-order valence-electron chi connectivity index (χ4n) is 1.37. The van der Waals surface area contributed by atoms with Gasteiger partial charge in [0.25, 0.3) is 0 Å². The predicted octanol–water partition coefficient (Wildman–Crippen LogP) is -0.524. The monoisotopic (exact) mass is 245 g/mol. The van der Waals surface area contributed by atoms with Crippen molar-refractivity contribution in [2.45, 2.75) is 24.3 Å². The molecule has 90 valence electrons. The molecule has 6 N–H and O–H groups in total. The standard InChI is InChI=1S/C9H15N3O3S/c1-6(10)4-7-2-3-8(15-11)9(5-7)16(12,13)14/h2-3,5-6H,4,10-11H2,1H3,(H2,12,13,14)/t6-/m1/s1. The molecular weight excluding hydrogens is 230 g/mol. The smallest absolute Gasteiger partial charge is 0.241 e. The highest BCUT2D eigenvalue weighted by atomic mass is 32.2. The Labute approximate surface area is 94.4 Å². The highest BCUT2D eigenvalue weighted by molar-refractivity contribution is 7.89. The van der Waals surface area contributed by atoms with E-state index >= 15 is 0 Å². The SMILES string of the molecule is C[C@@H](N)Cc1ccc(ON)c(S(N)(=O)=O)c1. The largest absolute Gasteiger partial charge is 0.410 e. The second kappa shape index (κ2) is 4.79. The van der Waals surface area contributed by atoms with Crippen LogP contribution in [0.4, 0.5) is 0 Å². The third-order valence-electron chi connectivity index (χ3n) is 2.00. The van der Waals surface area contributed by atoms with E-state index in [4.69, 9.17) is 16.8 Å². The molecule has 1 aromatic rings. The first-order chi connectivity index (χ1) is 7.34. The first-order valence-electron chi connectivity index (χ1n) is 4.62. The summed E-state index contributed by atoms with van der Waals surface area (Å²) in [6.45, 7) is 1.82. The number of hydrogen-bond donors (Lipinski definition) is 3. The van der Waals surface area contributed by atoms with E-state index in [1.807, 2.05) is 6.92 Å². The van der Waals surface area contributed by atoms with E-state index < -0.39 is 10.0 Å². The van der Waals surface area contributed by atoms with Crippen molar-refractivity contribution in [3.05, 3.63) is 23.8 Å². The number of nitrogens with two attached hydrogens (primary N) is 3. The minimum Gasteiger partial charge on any atom is -0.410 e. The van der Waals surface area contributed by atoms with E-state index in [1.165, 1.54) is 12.1 Å². The van der Waals surface area contributed by atoms with Gasteiger partial charge in [-0.1, -0.05) is 6.07 Å². The molecule has 0 fully saturated rings. The molecule has 0 aromatic heterocycles. The molecule has 0 aliphatic heterocycles. The van der Waals surface area contributed by atoms with Gasteiger partial charge in [-0.15, -0.1) is 0 Å². The van der Waals surface area contributed by atoms with Crippen LogP contribution in [-0.4, -0.2) is 14.5 Å². The lowest BCUT2D eigenvalue weighted by Crippen LogP contribution is -2.19. The third-order valence-corrected chi connectivity index (χ3v) is 2.93. The summed E-state index contributed by atoms with van der Waals surface area (Å²) in [4.78, 5) is 4.31. The average molecular weight is 245 g/mol. The van der Waals surface area contributed by atoms with Crippen molar-refractivity contribution in [1.82, 2.24) is 0 Å². The Hall–Kier alpha value is -1.15. The van der Waals surface area contributed by atoms with E-state index in [2.05, 4.69) is 4.84 Å². The highest BCUT2D eigenvalue weighted by Gasteiger charge is 2.16. The second-order valence-electron chi connectivity index (χ2n) is 3.63.